The summed E-state index contributed by atoms with van der Waals surface area (Å²) in [4.78, 5) is 7.20. The molecule has 14 heavy (non-hydrogen) atoms. The van der Waals surface area contributed by atoms with Crippen molar-refractivity contribution in [2.45, 2.75) is 38.0 Å². The maximum absolute atomic E-state index is 4.74. The van der Waals surface area contributed by atoms with Gasteiger partial charge in [0.2, 0.25) is 0 Å². The molecule has 1 aliphatic carbocycles. The van der Waals surface area contributed by atoms with Gasteiger partial charge in [-0.1, -0.05) is 0 Å². The highest BCUT2D eigenvalue weighted by Crippen LogP contribution is 2.41. The minimum atomic E-state index is 0.810. The summed E-state index contributed by atoms with van der Waals surface area (Å²) in [7, 11) is 0. The molecule has 2 aliphatic rings. The van der Waals surface area contributed by atoms with Crippen molar-refractivity contribution >= 4 is 16.5 Å². The molecule has 0 N–H and O–H groups in total. The van der Waals surface area contributed by atoms with Crippen molar-refractivity contribution in [1.29, 1.82) is 0 Å². The Morgan fingerprint density at radius 3 is 2.71 bits per heavy atom. The molecule has 1 aliphatic heterocycles. The highest BCUT2D eigenvalue weighted by atomic mass is 32.1. The first kappa shape index (κ1) is 8.72. The molecule has 0 bridgehead atoms. The third-order valence-electron chi connectivity index (χ3n) is 3.13. The topological polar surface area (TPSA) is 16.1 Å². The first-order valence-corrected chi connectivity index (χ1v) is 6.52. The number of thiazole rings is 1. The maximum Gasteiger partial charge on any atom is 0.185 e. The Labute approximate surface area is 89.0 Å². The number of hydrogen-bond acceptors (Lipinski definition) is 3. The molecular weight excluding hydrogens is 192 g/mol. The van der Waals surface area contributed by atoms with E-state index in [-0.39, 0.29) is 0 Å². The molecule has 0 atom stereocenters. The van der Waals surface area contributed by atoms with E-state index in [2.05, 4.69) is 10.3 Å². The summed E-state index contributed by atoms with van der Waals surface area (Å²) in [5, 5.41) is 3.54. The van der Waals surface area contributed by atoms with Crippen LogP contribution in [0.25, 0.3) is 0 Å². The van der Waals surface area contributed by atoms with Gasteiger partial charge in [-0.3, -0.25) is 0 Å². The first-order valence-electron chi connectivity index (χ1n) is 5.64. The lowest BCUT2D eigenvalue weighted by Crippen LogP contribution is -2.29. The van der Waals surface area contributed by atoms with Gasteiger partial charge in [-0.2, -0.15) is 0 Å². The SMILES string of the molecule is c1sc(N2CCCCC2)nc1C1CC1. The van der Waals surface area contributed by atoms with E-state index in [0.29, 0.717) is 0 Å². The molecule has 2 fully saturated rings. The number of nitrogens with zero attached hydrogens (tertiary/aromatic N) is 2. The molecule has 2 heterocycles. The Balaban J connectivity index is 1.74. The van der Waals surface area contributed by atoms with Gasteiger partial charge in [0.25, 0.3) is 0 Å². The number of hydrogen-bond donors (Lipinski definition) is 0. The van der Waals surface area contributed by atoms with E-state index in [9.17, 15) is 0 Å². The van der Waals surface area contributed by atoms with Gasteiger partial charge in [0.1, 0.15) is 0 Å². The molecule has 1 aromatic heterocycles. The summed E-state index contributed by atoms with van der Waals surface area (Å²) in [5.74, 6) is 0.810. The highest BCUT2D eigenvalue weighted by molar-refractivity contribution is 7.13. The first-order chi connectivity index (χ1) is 6.93. The van der Waals surface area contributed by atoms with Crippen LogP contribution in [0, 0.1) is 0 Å². The van der Waals surface area contributed by atoms with Gasteiger partial charge in [0.15, 0.2) is 5.13 Å². The average Bonchev–Trinajstić information content (AvgIpc) is 2.98. The van der Waals surface area contributed by atoms with Crippen LogP contribution in [0.15, 0.2) is 5.38 Å². The van der Waals surface area contributed by atoms with Gasteiger partial charge in [0.05, 0.1) is 5.69 Å². The van der Waals surface area contributed by atoms with Crippen molar-refractivity contribution in [2.24, 2.45) is 0 Å². The van der Waals surface area contributed by atoms with E-state index < -0.39 is 0 Å². The zero-order valence-corrected chi connectivity index (χ0v) is 9.22. The van der Waals surface area contributed by atoms with Crippen LogP contribution in [-0.4, -0.2) is 18.1 Å². The van der Waals surface area contributed by atoms with E-state index in [1.807, 2.05) is 11.3 Å². The lowest BCUT2D eigenvalue weighted by Gasteiger charge is -2.25. The lowest BCUT2D eigenvalue weighted by atomic mass is 10.1. The van der Waals surface area contributed by atoms with Crippen molar-refractivity contribution in [3.05, 3.63) is 11.1 Å². The van der Waals surface area contributed by atoms with Crippen LogP contribution < -0.4 is 4.90 Å². The summed E-state index contributed by atoms with van der Waals surface area (Å²) in [6.45, 7) is 2.44. The Hall–Kier alpha value is -0.570. The molecule has 3 heteroatoms. The summed E-state index contributed by atoms with van der Waals surface area (Å²) in [6.07, 6.45) is 6.82. The van der Waals surface area contributed by atoms with Crippen LogP contribution in [0.3, 0.4) is 0 Å². The zero-order valence-electron chi connectivity index (χ0n) is 8.41. The minimum absolute atomic E-state index is 0.810. The summed E-state index contributed by atoms with van der Waals surface area (Å²) in [6, 6.07) is 0. The fourth-order valence-electron chi connectivity index (χ4n) is 2.07. The van der Waals surface area contributed by atoms with Gasteiger partial charge in [-0.05, 0) is 32.1 Å². The van der Waals surface area contributed by atoms with Crippen LogP contribution in [0.2, 0.25) is 0 Å². The smallest absolute Gasteiger partial charge is 0.185 e. The molecule has 1 saturated carbocycles. The summed E-state index contributed by atoms with van der Waals surface area (Å²) in [5.41, 5.74) is 1.36. The van der Waals surface area contributed by atoms with Crippen LogP contribution in [0.5, 0.6) is 0 Å². The number of rotatable bonds is 2. The number of piperidine rings is 1. The Kier molecular flexibility index (Phi) is 2.20. The molecular formula is C11H16N2S. The second kappa shape index (κ2) is 3.54. The fourth-order valence-corrected chi connectivity index (χ4v) is 3.03. The second-order valence-electron chi connectivity index (χ2n) is 4.38. The minimum Gasteiger partial charge on any atom is -0.348 e. The fraction of sp³-hybridized carbons (Fsp3) is 0.727. The van der Waals surface area contributed by atoms with Crippen LogP contribution in [-0.2, 0) is 0 Å². The molecule has 0 radical (unpaired) electrons. The standard InChI is InChI=1S/C11H16N2S/c1-2-6-13(7-3-1)11-12-10(8-14-11)9-4-5-9/h8-9H,1-7H2. The number of anilines is 1. The molecule has 1 aromatic rings. The third-order valence-corrected chi connectivity index (χ3v) is 4.05. The zero-order chi connectivity index (χ0) is 9.38. The number of aromatic nitrogens is 1. The average molecular weight is 208 g/mol. The quantitative estimate of drug-likeness (QED) is 0.742. The van der Waals surface area contributed by atoms with Crippen molar-refractivity contribution in [3.63, 3.8) is 0 Å². The molecule has 0 spiro atoms. The second-order valence-corrected chi connectivity index (χ2v) is 5.21. The van der Waals surface area contributed by atoms with Crippen molar-refractivity contribution in [2.75, 3.05) is 18.0 Å². The summed E-state index contributed by atoms with van der Waals surface area (Å²) >= 11 is 1.84. The lowest BCUT2D eigenvalue weighted by molar-refractivity contribution is 0.576. The monoisotopic (exact) mass is 208 g/mol. The maximum atomic E-state index is 4.74. The Bertz CT molecular complexity index is 311. The normalized spacial score (nSPS) is 22.7. The predicted molar refractivity (Wildman–Crippen MR) is 60.2 cm³/mol. The molecule has 1 saturated heterocycles. The van der Waals surface area contributed by atoms with E-state index in [0.717, 1.165) is 5.92 Å². The molecule has 0 amide bonds. The largest absolute Gasteiger partial charge is 0.348 e. The van der Waals surface area contributed by atoms with E-state index >= 15 is 0 Å². The molecule has 3 rings (SSSR count). The van der Waals surface area contributed by atoms with Gasteiger partial charge < -0.3 is 4.90 Å². The molecule has 76 valence electrons. The van der Waals surface area contributed by atoms with Gasteiger partial charge >= 0.3 is 0 Å². The highest BCUT2D eigenvalue weighted by Gasteiger charge is 2.27. The molecule has 2 nitrogen and oxygen atoms in total. The summed E-state index contributed by atoms with van der Waals surface area (Å²) < 4.78 is 0. The van der Waals surface area contributed by atoms with E-state index in [1.54, 1.807) is 0 Å². The third kappa shape index (κ3) is 1.65. The predicted octanol–water partition coefficient (Wildman–Crippen LogP) is 3.01. The van der Waals surface area contributed by atoms with Crippen molar-refractivity contribution in [1.82, 2.24) is 4.98 Å². The van der Waals surface area contributed by atoms with Crippen molar-refractivity contribution in [3.8, 4) is 0 Å². The van der Waals surface area contributed by atoms with Crippen molar-refractivity contribution < 1.29 is 0 Å². The molecule has 0 aromatic carbocycles. The van der Waals surface area contributed by atoms with Crippen LogP contribution >= 0.6 is 11.3 Å². The van der Waals surface area contributed by atoms with Crippen LogP contribution in [0.1, 0.15) is 43.7 Å². The van der Waals surface area contributed by atoms with Gasteiger partial charge in [-0.15, -0.1) is 11.3 Å². The van der Waals surface area contributed by atoms with E-state index in [4.69, 9.17) is 4.98 Å². The Morgan fingerprint density at radius 2 is 2.00 bits per heavy atom. The van der Waals surface area contributed by atoms with Crippen LogP contribution in [0.4, 0.5) is 5.13 Å². The van der Waals surface area contributed by atoms with E-state index in [1.165, 1.54) is 56.0 Å². The Morgan fingerprint density at radius 1 is 1.21 bits per heavy atom. The van der Waals surface area contributed by atoms with Gasteiger partial charge in [0, 0.05) is 24.4 Å². The van der Waals surface area contributed by atoms with Gasteiger partial charge in [-0.25, -0.2) is 4.98 Å². The molecule has 0 unspecified atom stereocenters.